The van der Waals surface area contributed by atoms with Gasteiger partial charge in [-0.25, -0.2) is 0 Å². The Morgan fingerprint density at radius 2 is 2.21 bits per heavy atom. The van der Waals surface area contributed by atoms with E-state index < -0.39 is 0 Å². The van der Waals surface area contributed by atoms with Crippen LogP contribution in [-0.2, 0) is 11.2 Å². The van der Waals surface area contributed by atoms with Gasteiger partial charge in [0, 0.05) is 18.8 Å². The number of allylic oxidation sites excluding steroid dienone is 3. The minimum absolute atomic E-state index is 0.0241. The Bertz CT molecular complexity index is 903. The molecule has 0 fully saturated rings. The van der Waals surface area contributed by atoms with Gasteiger partial charge in [-0.1, -0.05) is 24.6 Å². The van der Waals surface area contributed by atoms with E-state index in [9.17, 15) is 9.59 Å². The summed E-state index contributed by atoms with van der Waals surface area (Å²) in [4.78, 5) is 33.4. The number of aromatic nitrogens is 3. The van der Waals surface area contributed by atoms with E-state index in [-0.39, 0.29) is 17.4 Å². The molecular formula is C17H21N5O2. The molecule has 5 N–H and O–H groups in total. The van der Waals surface area contributed by atoms with Crippen LogP contribution in [0.3, 0.4) is 0 Å². The predicted octanol–water partition coefficient (Wildman–Crippen LogP) is 1.40. The van der Waals surface area contributed by atoms with Gasteiger partial charge in [0.1, 0.15) is 5.65 Å². The highest BCUT2D eigenvalue weighted by atomic mass is 16.1. The minimum Gasteiger partial charge on any atom is -0.369 e. The maximum Gasteiger partial charge on any atom is 0.262 e. The van der Waals surface area contributed by atoms with Crippen molar-refractivity contribution in [2.45, 2.75) is 26.2 Å². The smallest absolute Gasteiger partial charge is 0.262 e. The third-order valence-electron chi connectivity index (χ3n) is 4.50. The Kier molecular flexibility index (Phi) is 4.24. The second-order valence-corrected chi connectivity index (χ2v) is 6.11. The van der Waals surface area contributed by atoms with E-state index in [2.05, 4.69) is 27.2 Å². The van der Waals surface area contributed by atoms with E-state index in [1.807, 2.05) is 18.3 Å². The molecule has 0 saturated carbocycles. The maximum atomic E-state index is 12.1. The van der Waals surface area contributed by atoms with Crippen LogP contribution in [0.25, 0.3) is 11.0 Å². The van der Waals surface area contributed by atoms with Crippen LogP contribution in [0.1, 0.15) is 25.3 Å². The minimum atomic E-state index is -0.221. The number of carbonyl (C=O) groups is 1. The van der Waals surface area contributed by atoms with Crippen molar-refractivity contribution in [3.8, 4) is 0 Å². The Morgan fingerprint density at radius 3 is 2.92 bits per heavy atom. The topological polar surface area (TPSA) is 117 Å². The maximum absolute atomic E-state index is 12.1. The summed E-state index contributed by atoms with van der Waals surface area (Å²) in [6, 6.07) is 0. The molecular weight excluding hydrogens is 306 g/mol. The molecule has 3 rings (SSSR count). The van der Waals surface area contributed by atoms with Crippen LogP contribution in [0.15, 0.2) is 34.3 Å². The molecule has 1 unspecified atom stereocenters. The van der Waals surface area contributed by atoms with Crippen LogP contribution in [0.4, 0.5) is 5.95 Å². The van der Waals surface area contributed by atoms with Gasteiger partial charge in [-0.05, 0) is 30.7 Å². The number of likely N-dealkylation sites (N-methyl/N-ethyl adjacent to an activating group) is 1. The fourth-order valence-corrected chi connectivity index (χ4v) is 3.16. The normalized spacial score (nSPS) is 17.5. The van der Waals surface area contributed by atoms with Gasteiger partial charge in [-0.3, -0.25) is 14.6 Å². The lowest BCUT2D eigenvalue weighted by Crippen LogP contribution is -2.23. The van der Waals surface area contributed by atoms with E-state index in [0.29, 0.717) is 17.0 Å². The van der Waals surface area contributed by atoms with Crippen LogP contribution in [0.2, 0.25) is 0 Å². The van der Waals surface area contributed by atoms with E-state index >= 15 is 0 Å². The molecule has 0 aliphatic heterocycles. The molecule has 2 heterocycles. The average Bonchev–Trinajstić information content (AvgIpc) is 2.96. The molecule has 0 spiro atoms. The number of nitrogens with one attached hydrogen (secondary N) is 3. The summed E-state index contributed by atoms with van der Waals surface area (Å²) < 4.78 is 0. The van der Waals surface area contributed by atoms with Crippen LogP contribution < -0.4 is 16.6 Å². The van der Waals surface area contributed by atoms with Crippen molar-refractivity contribution in [1.29, 1.82) is 0 Å². The van der Waals surface area contributed by atoms with Crippen molar-refractivity contribution >= 4 is 22.9 Å². The molecule has 2 aromatic heterocycles. The number of hydrogen-bond donors (Lipinski definition) is 4. The zero-order chi connectivity index (χ0) is 17.3. The number of fused-ring (bicyclic) bond motifs is 1. The number of amides is 1. The Labute approximate surface area is 139 Å². The van der Waals surface area contributed by atoms with Crippen molar-refractivity contribution < 1.29 is 4.79 Å². The number of carbonyl (C=O) groups excluding carboxylic acids is 1. The van der Waals surface area contributed by atoms with Gasteiger partial charge in [0.25, 0.3) is 5.56 Å². The van der Waals surface area contributed by atoms with Gasteiger partial charge in [-0.2, -0.15) is 4.98 Å². The second kappa shape index (κ2) is 6.35. The van der Waals surface area contributed by atoms with Crippen molar-refractivity contribution in [1.82, 2.24) is 20.3 Å². The monoisotopic (exact) mass is 327 g/mol. The number of hydrogen-bond acceptors (Lipinski definition) is 4. The third kappa shape index (κ3) is 2.97. The van der Waals surface area contributed by atoms with Gasteiger partial charge < -0.3 is 16.0 Å². The third-order valence-corrected chi connectivity index (χ3v) is 4.50. The molecule has 7 heteroatoms. The fourth-order valence-electron chi connectivity index (χ4n) is 3.16. The first-order valence-electron chi connectivity index (χ1n) is 7.97. The van der Waals surface area contributed by atoms with E-state index in [1.54, 1.807) is 7.05 Å². The van der Waals surface area contributed by atoms with Crippen molar-refractivity contribution in [2.75, 3.05) is 12.8 Å². The summed E-state index contributed by atoms with van der Waals surface area (Å²) in [5.74, 6) is 0.389. The van der Waals surface area contributed by atoms with E-state index in [0.717, 1.165) is 30.4 Å². The molecule has 1 aliphatic rings. The predicted molar refractivity (Wildman–Crippen MR) is 93.5 cm³/mol. The number of nitrogens with zero attached hydrogens (tertiary/aromatic N) is 1. The first-order valence-corrected chi connectivity index (χ1v) is 7.97. The lowest BCUT2D eigenvalue weighted by atomic mass is 9.85. The SMILES string of the molecule is CNC(=O)C1=CC=C(CCc2c[nH]c3nc(N)[nH]c(=O)c23)C(C)C1. The molecule has 7 nitrogen and oxygen atoms in total. The highest BCUT2D eigenvalue weighted by Gasteiger charge is 2.19. The summed E-state index contributed by atoms with van der Waals surface area (Å²) in [6.45, 7) is 2.12. The van der Waals surface area contributed by atoms with Crippen molar-refractivity contribution in [2.24, 2.45) is 5.92 Å². The quantitative estimate of drug-likeness (QED) is 0.679. The van der Waals surface area contributed by atoms with Crippen molar-refractivity contribution in [3.63, 3.8) is 0 Å². The Hall–Kier alpha value is -2.83. The standard InChI is InChI=1S/C17H21N5O2/c1-9-7-11(15(23)19-2)5-3-10(9)4-6-12-8-20-14-13(12)16(24)22-17(18)21-14/h3,5,8-9H,4,6-7H2,1-2H3,(H,19,23)(H4,18,20,21,22,24). The van der Waals surface area contributed by atoms with Crippen LogP contribution in [0, 0.1) is 5.92 Å². The van der Waals surface area contributed by atoms with Gasteiger partial charge in [0.05, 0.1) is 5.39 Å². The van der Waals surface area contributed by atoms with Crippen LogP contribution in [0.5, 0.6) is 0 Å². The largest absolute Gasteiger partial charge is 0.369 e. The molecule has 1 aliphatic carbocycles. The fraction of sp³-hybridized carbons (Fsp3) is 0.353. The van der Waals surface area contributed by atoms with Crippen molar-refractivity contribution in [3.05, 3.63) is 45.4 Å². The summed E-state index contributed by atoms with van der Waals surface area (Å²) in [7, 11) is 1.64. The Balaban J connectivity index is 1.79. The lowest BCUT2D eigenvalue weighted by Gasteiger charge is -2.21. The molecule has 1 atom stereocenters. The van der Waals surface area contributed by atoms with Crippen LogP contribution >= 0.6 is 0 Å². The molecule has 0 bridgehead atoms. The zero-order valence-corrected chi connectivity index (χ0v) is 13.8. The summed E-state index contributed by atoms with van der Waals surface area (Å²) in [5.41, 5.74) is 8.85. The molecule has 2 aromatic rings. The number of nitrogens with two attached hydrogens (primary N) is 1. The van der Waals surface area contributed by atoms with Crippen LogP contribution in [-0.4, -0.2) is 27.9 Å². The average molecular weight is 327 g/mol. The van der Waals surface area contributed by atoms with E-state index in [4.69, 9.17) is 5.73 Å². The number of aromatic amines is 2. The highest BCUT2D eigenvalue weighted by molar-refractivity contribution is 5.93. The first-order chi connectivity index (χ1) is 11.5. The molecule has 0 aromatic carbocycles. The Morgan fingerprint density at radius 1 is 1.42 bits per heavy atom. The number of anilines is 1. The molecule has 1 amide bonds. The van der Waals surface area contributed by atoms with Gasteiger partial charge in [0.15, 0.2) is 0 Å². The number of rotatable bonds is 4. The number of nitrogen functional groups attached to an aromatic ring is 1. The zero-order valence-electron chi connectivity index (χ0n) is 13.8. The molecule has 0 saturated heterocycles. The van der Waals surface area contributed by atoms with Gasteiger partial charge >= 0.3 is 0 Å². The summed E-state index contributed by atoms with van der Waals surface area (Å²) >= 11 is 0. The van der Waals surface area contributed by atoms with Gasteiger partial charge in [-0.15, -0.1) is 0 Å². The summed E-state index contributed by atoms with van der Waals surface area (Å²) in [5, 5.41) is 3.22. The summed E-state index contributed by atoms with van der Waals surface area (Å²) in [6.07, 6.45) is 8.01. The lowest BCUT2D eigenvalue weighted by molar-refractivity contribution is -0.117. The molecule has 24 heavy (non-hydrogen) atoms. The highest BCUT2D eigenvalue weighted by Crippen LogP contribution is 2.29. The first kappa shape index (κ1) is 16.0. The van der Waals surface area contributed by atoms with E-state index in [1.165, 1.54) is 5.57 Å². The number of aryl methyl sites for hydroxylation is 1. The molecule has 126 valence electrons. The second-order valence-electron chi connectivity index (χ2n) is 6.11. The molecule has 0 radical (unpaired) electrons. The number of H-pyrrole nitrogens is 2. The van der Waals surface area contributed by atoms with Gasteiger partial charge in [0.2, 0.25) is 11.9 Å².